The lowest BCUT2D eigenvalue weighted by Gasteiger charge is -2.30. The maximum atomic E-state index is 12.4. The van der Waals surface area contributed by atoms with Crippen molar-refractivity contribution < 1.29 is 13.9 Å². The van der Waals surface area contributed by atoms with E-state index >= 15 is 0 Å². The molecule has 0 saturated carbocycles. The summed E-state index contributed by atoms with van der Waals surface area (Å²) >= 11 is 11.5. The Morgan fingerprint density at radius 1 is 1.36 bits per heavy atom. The standard InChI is InChI=1S/C18H17ClN2O3S/c1-18(20-16(22)14-6-7-15(19)24-14)8-9-21(17(18)25)12-10-23-13-5-3-2-4-11(12)13/h2-7,12H,8-10H2,1H3,(H,20,22)/t12-,18+/m1/s1. The number of ether oxygens (including phenoxy) is 1. The third kappa shape index (κ3) is 2.79. The second-order valence-electron chi connectivity index (χ2n) is 6.50. The van der Waals surface area contributed by atoms with E-state index in [1.54, 1.807) is 12.1 Å². The first-order chi connectivity index (χ1) is 12.0. The number of thiocarbonyl (C=S) groups is 1. The molecular formula is C18H17ClN2O3S. The van der Waals surface area contributed by atoms with Crippen molar-refractivity contribution in [2.24, 2.45) is 0 Å². The highest BCUT2D eigenvalue weighted by Crippen LogP contribution is 2.40. The van der Waals surface area contributed by atoms with Crippen molar-refractivity contribution in [1.29, 1.82) is 0 Å². The van der Waals surface area contributed by atoms with Gasteiger partial charge in [0.2, 0.25) is 0 Å². The van der Waals surface area contributed by atoms with E-state index in [0.717, 1.165) is 24.3 Å². The van der Waals surface area contributed by atoms with Crippen LogP contribution in [0, 0.1) is 0 Å². The Hall–Kier alpha value is -2.05. The summed E-state index contributed by atoms with van der Waals surface area (Å²) in [7, 11) is 0. The van der Waals surface area contributed by atoms with Crippen molar-refractivity contribution in [3.05, 3.63) is 52.9 Å². The molecule has 1 N–H and O–H groups in total. The van der Waals surface area contributed by atoms with E-state index < -0.39 is 5.54 Å². The van der Waals surface area contributed by atoms with E-state index in [1.165, 1.54) is 0 Å². The Balaban J connectivity index is 1.52. The predicted molar refractivity (Wildman–Crippen MR) is 98.2 cm³/mol. The minimum Gasteiger partial charge on any atom is -0.491 e. The highest BCUT2D eigenvalue weighted by Gasteiger charge is 2.45. The van der Waals surface area contributed by atoms with Crippen LogP contribution in [0.2, 0.25) is 5.22 Å². The first kappa shape index (κ1) is 16.4. The fraction of sp³-hybridized carbons (Fsp3) is 0.333. The molecule has 1 amide bonds. The van der Waals surface area contributed by atoms with E-state index in [9.17, 15) is 4.79 Å². The average molecular weight is 377 g/mol. The van der Waals surface area contributed by atoms with Crippen molar-refractivity contribution in [2.45, 2.75) is 24.9 Å². The Morgan fingerprint density at radius 3 is 2.92 bits per heavy atom. The lowest BCUT2D eigenvalue weighted by Crippen LogP contribution is -2.51. The molecule has 2 atom stereocenters. The molecule has 2 aliphatic rings. The van der Waals surface area contributed by atoms with Gasteiger partial charge < -0.3 is 19.4 Å². The number of para-hydroxylation sites is 1. The fourth-order valence-electron chi connectivity index (χ4n) is 3.43. The van der Waals surface area contributed by atoms with Crippen molar-refractivity contribution in [2.75, 3.05) is 13.2 Å². The number of carbonyl (C=O) groups is 1. The topological polar surface area (TPSA) is 54.7 Å². The summed E-state index contributed by atoms with van der Waals surface area (Å²) in [5.41, 5.74) is 0.529. The lowest BCUT2D eigenvalue weighted by atomic mass is 10.0. The molecule has 0 aliphatic carbocycles. The number of likely N-dealkylation sites (tertiary alicyclic amines) is 1. The first-order valence-electron chi connectivity index (χ1n) is 8.08. The molecule has 4 rings (SSSR count). The maximum absolute atomic E-state index is 12.4. The number of nitrogens with one attached hydrogen (secondary N) is 1. The van der Waals surface area contributed by atoms with Gasteiger partial charge in [0.1, 0.15) is 17.3 Å². The molecule has 1 aromatic carbocycles. The molecule has 3 heterocycles. The molecule has 2 aromatic rings. The number of furan rings is 1. The summed E-state index contributed by atoms with van der Waals surface area (Å²) in [6.07, 6.45) is 0.727. The summed E-state index contributed by atoms with van der Waals surface area (Å²) in [5, 5.41) is 3.18. The first-order valence-corrected chi connectivity index (χ1v) is 8.87. The van der Waals surface area contributed by atoms with Gasteiger partial charge in [-0.3, -0.25) is 4.79 Å². The number of amides is 1. The summed E-state index contributed by atoms with van der Waals surface area (Å²) < 4.78 is 11.0. The lowest BCUT2D eigenvalue weighted by molar-refractivity contribution is 0.0900. The summed E-state index contributed by atoms with van der Waals surface area (Å²) in [6.45, 7) is 3.27. The molecule has 0 unspecified atom stereocenters. The van der Waals surface area contributed by atoms with E-state index in [4.69, 9.17) is 33.0 Å². The average Bonchev–Trinajstić information content (AvgIpc) is 3.27. The number of hydrogen-bond acceptors (Lipinski definition) is 4. The molecule has 5 nitrogen and oxygen atoms in total. The predicted octanol–water partition coefficient (Wildman–Crippen LogP) is 3.59. The van der Waals surface area contributed by atoms with Gasteiger partial charge in [-0.2, -0.15) is 0 Å². The van der Waals surface area contributed by atoms with Crippen LogP contribution in [0.1, 0.15) is 35.5 Å². The highest BCUT2D eigenvalue weighted by atomic mass is 35.5. The van der Waals surface area contributed by atoms with Crippen molar-refractivity contribution >= 4 is 34.7 Å². The Bertz CT molecular complexity index is 852. The number of carbonyl (C=O) groups excluding carboxylic acids is 1. The molecule has 1 aromatic heterocycles. The summed E-state index contributed by atoms with van der Waals surface area (Å²) in [5.74, 6) is 0.766. The van der Waals surface area contributed by atoms with Gasteiger partial charge in [0, 0.05) is 12.1 Å². The highest BCUT2D eigenvalue weighted by molar-refractivity contribution is 7.80. The van der Waals surface area contributed by atoms with Crippen LogP contribution < -0.4 is 10.1 Å². The number of nitrogens with zero attached hydrogens (tertiary/aromatic N) is 1. The maximum Gasteiger partial charge on any atom is 0.287 e. The van der Waals surface area contributed by atoms with Crippen LogP contribution in [0.3, 0.4) is 0 Å². The van der Waals surface area contributed by atoms with Gasteiger partial charge in [-0.05, 0) is 43.1 Å². The molecule has 7 heteroatoms. The third-order valence-corrected chi connectivity index (χ3v) is 5.71. The van der Waals surface area contributed by atoms with Crippen molar-refractivity contribution in [1.82, 2.24) is 10.2 Å². The number of fused-ring (bicyclic) bond motifs is 1. The van der Waals surface area contributed by atoms with Crippen LogP contribution in [-0.4, -0.2) is 34.5 Å². The molecule has 1 fully saturated rings. The van der Waals surface area contributed by atoms with Crippen LogP contribution in [-0.2, 0) is 0 Å². The van der Waals surface area contributed by atoms with E-state index in [2.05, 4.69) is 16.3 Å². The van der Waals surface area contributed by atoms with Gasteiger partial charge in [-0.15, -0.1) is 0 Å². The van der Waals surface area contributed by atoms with Gasteiger partial charge in [0.15, 0.2) is 11.0 Å². The zero-order chi connectivity index (χ0) is 17.6. The van der Waals surface area contributed by atoms with Gasteiger partial charge in [0.25, 0.3) is 5.91 Å². The van der Waals surface area contributed by atoms with Crippen LogP contribution >= 0.6 is 23.8 Å². The Morgan fingerprint density at radius 2 is 2.16 bits per heavy atom. The minimum atomic E-state index is -0.608. The van der Waals surface area contributed by atoms with Crippen LogP contribution in [0.5, 0.6) is 5.75 Å². The smallest absolute Gasteiger partial charge is 0.287 e. The molecule has 0 radical (unpaired) electrons. The molecular weight excluding hydrogens is 360 g/mol. The normalized spacial score (nSPS) is 25.0. The minimum absolute atomic E-state index is 0.0838. The van der Waals surface area contributed by atoms with E-state index in [0.29, 0.717) is 11.6 Å². The number of halogens is 1. The third-order valence-electron chi connectivity index (χ3n) is 4.82. The second-order valence-corrected chi connectivity index (χ2v) is 7.26. The van der Waals surface area contributed by atoms with Crippen LogP contribution in [0.4, 0.5) is 0 Å². The SMILES string of the molecule is C[C@]1(NC(=O)c2ccc(Cl)o2)CCN([C@@H]2COc3ccccc32)C1=S. The van der Waals surface area contributed by atoms with Gasteiger partial charge >= 0.3 is 0 Å². The van der Waals surface area contributed by atoms with Gasteiger partial charge in [0.05, 0.1) is 11.6 Å². The molecule has 2 aliphatic heterocycles. The van der Waals surface area contributed by atoms with Gasteiger partial charge in [-0.25, -0.2) is 0 Å². The van der Waals surface area contributed by atoms with E-state index in [1.807, 2.05) is 25.1 Å². The number of hydrogen-bond donors (Lipinski definition) is 1. The summed E-state index contributed by atoms with van der Waals surface area (Å²) in [6, 6.07) is 11.2. The van der Waals surface area contributed by atoms with Gasteiger partial charge in [-0.1, -0.05) is 30.4 Å². The molecule has 25 heavy (non-hydrogen) atoms. The fourth-order valence-corrected chi connectivity index (χ4v) is 3.95. The molecule has 0 bridgehead atoms. The van der Waals surface area contributed by atoms with Crippen LogP contribution in [0.25, 0.3) is 0 Å². The van der Waals surface area contributed by atoms with Crippen molar-refractivity contribution in [3.8, 4) is 5.75 Å². The summed E-state index contributed by atoms with van der Waals surface area (Å²) in [4.78, 5) is 15.3. The zero-order valence-electron chi connectivity index (χ0n) is 13.6. The monoisotopic (exact) mass is 376 g/mol. The van der Waals surface area contributed by atoms with Crippen molar-refractivity contribution in [3.63, 3.8) is 0 Å². The number of benzene rings is 1. The number of rotatable bonds is 3. The molecule has 0 spiro atoms. The van der Waals surface area contributed by atoms with Crippen LogP contribution in [0.15, 0.2) is 40.8 Å². The zero-order valence-corrected chi connectivity index (χ0v) is 15.2. The second kappa shape index (κ2) is 6.04. The molecule has 1 saturated heterocycles. The Kier molecular flexibility index (Phi) is 3.96. The Labute approximate surface area is 155 Å². The largest absolute Gasteiger partial charge is 0.491 e. The quantitative estimate of drug-likeness (QED) is 0.830. The van der Waals surface area contributed by atoms with E-state index in [-0.39, 0.29) is 22.9 Å². The molecule has 130 valence electrons.